The van der Waals surface area contributed by atoms with E-state index in [2.05, 4.69) is 17.2 Å². The zero-order valence-electron chi connectivity index (χ0n) is 12.5. The number of ether oxygens (including phenoxy) is 1. The normalized spacial score (nSPS) is 10.6. The molecule has 1 heterocycles. The van der Waals surface area contributed by atoms with E-state index in [4.69, 9.17) is 4.74 Å². The van der Waals surface area contributed by atoms with Gasteiger partial charge in [0.1, 0.15) is 18.2 Å². The van der Waals surface area contributed by atoms with Crippen LogP contribution in [0, 0.1) is 12.7 Å². The van der Waals surface area contributed by atoms with Crippen molar-refractivity contribution in [2.24, 2.45) is 0 Å². The summed E-state index contributed by atoms with van der Waals surface area (Å²) in [7, 11) is 0. The van der Waals surface area contributed by atoms with Crippen molar-refractivity contribution >= 4 is 0 Å². The van der Waals surface area contributed by atoms with Gasteiger partial charge in [0, 0.05) is 18.3 Å². The van der Waals surface area contributed by atoms with Crippen LogP contribution in [0.1, 0.15) is 30.2 Å². The molecular weight excluding hydrogens is 267 g/mol. The molecule has 1 aromatic heterocycles. The number of nitrogens with zero attached hydrogens (tertiary/aromatic N) is 1. The number of benzene rings is 1. The van der Waals surface area contributed by atoms with Crippen LogP contribution in [0.3, 0.4) is 0 Å². The summed E-state index contributed by atoms with van der Waals surface area (Å²) in [6.45, 7) is 5.98. The van der Waals surface area contributed by atoms with Crippen molar-refractivity contribution in [3.05, 3.63) is 59.2 Å². The van der Waals surface area contributed by atoms with E-state index in [0.717, 1.165) is 29.8 Å². The number of nitrogens with one attached hydrogen (secondary N) is 1. The Morgan fingerprint density at radius 2 is 2.14 bits per heavy atom. The fourth-order valence-electron chi connectivity index (χ4n) is 2.04. The van der Waals surface area contributed by atoms with E-state index in [1.165, 1.54) is 12.1 Å². The standard InChI is InChI=1S/C17H21FN2O/c1-3-8-19-11-14-10-15(18)6-7-17(14)21-12-16-13(2)5-4-9-20-16/h4-7,9-10,19H,3,8,11-12H2,1-2H3. The lowest BCUT2D eigenvalue weighted by molar-refractivity contribution is 0.296. The van der Waals surface area contributed by atoms with Crippen LogP contribution in [0.15, 0.2) is 36.5 Å². The Kier molecular flexibility index (Phi) is 5.69. The minimum Gasteiger partial charge on any atom is -0.487 e. The van der Waals surface area contributed by atoms with E-state index in [1.807, 2.05) is 19.1 Å². The lowest BCUT2D eigenvalue weighted by atomic mass is 10.2. The molecule has 0 aliphatic carbocycles. The lowest BCUT2D eigenvalue weighted by Crippen LogP contribution is -2.15. The summed E-state index contributed by atoms with van der Waals surface area (Å²) in [4.78, 5) is 4.30. The Balaban J connectivity index is 2.06. The quantitative estimate of drug-likeness (QED) is 0.790. The number of aryl methyl sites for hydroxylation is 1. The molecule has 3 nitrogen and oxygen atoms in total. The first-order valence-electron chi connectivity index (χ1n) is 7.23. The summed E-state index contributed by atoms with van der Waals surface area (Å²) in [5.74, 6) is 0.453. The molecule has 0 spiro atoms. The molecule has 0 unspecified atom stereocenters. The first-order chi connectivity index (χ1) is 10.2. The topological polar surface area (TPSA) is 34.1 Å². The number of hydrogen-bond acceptors (Lipinski definition) is 3. The van der Waals surface area contributed by atoms with Gasteiger partial charge in [0.05, 0.1) is 5.69 Å². The highest BCUT2D eigenvalue weighted by molar-refractivity contribution is 5.34. The first-order valence-corrected chi connectivity index (χ1v) is 7.23. The predicted octanol–water partition coefficient (Wildman–Crippen LogP) is 3.61. The molecule has 0 fully saturated rings. The average Bonchev–Trinajstić information content (AvgIpc) is 2.48. The molecule has 0 saturated heterocycles. The fraction of sp³-hybridized carbons (Fsp3) is 0.353. The number of rotatable bonds is 7. The monoisotopic (exact) mass is 288 g/mol. The average molecular weight is 288 g/mol. The maximum absolute atomic E-state index is 13.4. The van der Waals surface area contributed by atoms with Crippen molar-refractivity contribution in [1.82, 2.24) is 10.3 Å². The summed E-state index contributed by atoms with van der Waals surface area (Å²) in [5.41, 5.74) is 2.82. The van der Waals surface area contributed by atoms with Gasteiger partial charge in [-0.15, -0.1) is 0 Å². The molecule has 1 N–H and O–H groups in total. The zero-order chi connectivity index (χ0) is 15.1. The predicted molar refractivity (Wildman–Crippen MR) is 81.7 cm³/mol. The molecule has 2 aromatic rings. The van der Waals surface area contributed by atoms with Gasteiger partial charge in [0.15, 0.2) is 0 Å². The highest BCUT2D eigenvalue weighted by Gasteiger charge is 2.07. The minimum absolute atomic E-state index is 0.246. The molecule has 0 aliphatic heterocycles. The number of halogens is 1. The van der Waals surface area contributed by atoms with Crippen LogP contribution in [0.25, 0.3) is 0 Å². The Morgan fingerprint density at radius 3 is 2.90 bits per heavy atom. The van der Waals surface area contributed by atoms with Gasteiger partial charge in [0.2, 0.25) is 0 Å². The SMILES string of the molecule is CCCNCc1cc(F)ccc1OCc1ncccc1C. The second kappa shape index (κ2) is 7.74. The first kappa shape index (κ1) is 15.4. The summed E-state index contributed by atoms with van der Waals surface area (Å²) >= 11 is 0. The molecule has 21 heavy (non-hydrogen) atoms. The van der Waals surface area contributed by atoms with Crippen molar-refractivity contribution in [1.29, 1.82) is 0 Å². The fourth-order valence-corrected chi connectivity index (χ4v) is 2.04. The third-order valence-corrected chi connectivity index (χ3v) is 3.25. The van der Waals surface area contributed by atoms with E-state index >= 15 is 0 Å². The minimum atomic E-state index is -0.246. The molecule has 4 heteroatoms. The largest absolute Gasteiger partial charge is 0.487 e. The molecule has 1 aromatic carbocycles. The van der Waals surface area contributed by atoms with E-state index in [0.29, 0.717) is 18.9 Å². The highest BCUT2D eigenvalue weighted by atomic mass is 19.1. The molecule has 0 amide bonds. The van der Waals surface area contributed by atoms with Crippen LogP contribution < -0.4 is 10.1 Å². The molecule has 0 aliphatic rings. The summed E-state index contributed by atoms with van der Waals surface area (Å²) in [6.07, 6.45) is 2.79. The van der Waals surface area contributed by atoms with Gasteiger partial charge in [-0.05, 0) is 49.7 Å². The molecule has 0 radical (unpaired) electrons. The van der Waals surface area contributed by atoms with Gasteiger partial charge in [0.25, 0.3) is 0 Å². The molecule has 0 bridgehead atoms. The van der Waals surface area contributed by atoms with Gasteiger partial charge < -0.3 is 10.1 Å². The van der Waals surface area contributed by atoms with Gasteiger partial charge in [-0.25, -0.2) is 4.39 Å². The van der Waals surface area contributed by atoms with Crippen LogP contribution >= 0.6 is 0 Å². The van der Waals surface area contributed by atoms with Crippen LogP contribution in [0.4, 0.5) is 4.39 Å². The molecule has 2 rings (SSSR count). The van der Waals surface area contributed by atoms with Crippen LogP contribution in [0.2, 0.25) is 0 Å². The summed E-state index contributed by atoms with van der Waals surface area (Å²) in [6, 6.07) is 8.51. The van der Waals surface area contributed by atoms with Gasteiger partial charge in [-0.3, -0.25) is 4.98 Å². The maximum atomic E-state index is 13.4. The van der Waals surface area contributed by atoms with E-state index in [-0.39, 0.29) is 5.82 Å². The third-order valence-electron chi connectivity index (χ3n) is 3.25. The molecule has 0 saturated carbocycles. The number of pyridine rings is 1. The van der Waals surface area contributed by atoms with Crippen molar-refractivity contribution in [3.63, 3.8) is 0 Å². The van der Waals surface area contributed by atoms with E-state index in [1.54, 1.807) is 12.3 Å². The third kappa shape index (κ3) is 4.53. The molecule has 0 atom stereocenters. The van der Waals surface area contributed by atoms with Crippen LogP contribution in [0.5, 0.6) is 5.75 Å². The van der Waals surface area contributed by atoms with Crippen molar-refractivity contribution in [3.8, 4) is 5.75 Å². The Morgan fingerprint density at radius 1 is 1.29 bits per heavy atom. The van der Waals surface area contributed by atoms with Crippen molar-refractivity contribution in [2.45, 2.75) is 33.4 Å². The van der Waals surface area contributed by atoms with Crippen molar-refractivity contribution < 1.29 is 9.13 Å². The van der Waals surface area contributed by atoms with Gasteiger partial charge in [-0.2, -0.15) is 0 Å². The second-order valence-corrected chi connectivity index (χ2v) is 4.98. The van der Waals surface area contributed by atoms with E-state index < -0.39 is 0 Å². The Hall–Kier alpha value is -1.94. The second-order valence-electron chi connectivity index (χ2n) is 4.98. The van der Waals surface area contributed by atoms with Gasteiger partial charge >= 0.3 is 0 Å². The van der Waals surface area contributed by atoms with Crippen molar-refractivity contribution in [2.75, 3.05) is 6.54 Å². The lowest BCUT2D eigenvalue weighted by Gasteiger charge is -2.13. The van der Waals surface area contributed by atoms with E-state index in [9.17, 15) is 4.39 Å². The summed E-state index contributed by atoms with van der Waals surface area (Å²) in [5, 5.41) is 3.27. The highest BCUT2D eigenvalue weighted by Crippen LogP contribution is 2.21. The van der Waals surface area contributed by atoms with Gasteiger partial charge in [-0.1, -0.05) is 13.0 Å². The van der Waals surface area contributed by atoms with Crippen LogP contribution in [-0.4, -0.2) is 11.5 Å². The molecular formula is C17H21FN2O. The zero-order valence-corrected chi connectivity index (χ0v) is 12.5. The smallest absolute Gasteiger partial charge is 0.130 e. The maximum Gasteiger partial charge on any atom is 0.130 e. The Labute approximate surface area is 125 Å². The number of hydrogen-bond donors (Lipinski definition) is 1. The Bertz CT molecular complexity index is 587. The molecule has 112 valence electrons. The summed E-state index contributed by atoms with van der Waals surface area (Å²) < 4.78 is 19.2. The number of aromatic nitrogens is 1. The van der Waals surface area contributed by atoms with Crippen LogP contribution in [-0.2, 0) is 13.2 Å².